The molecule has 0 N–H and O–H groups in total. The number of anilines is 2. The van der Waals surface area contributed by atoms with Crippen LogP contribution in [0.3, 0.4) is 0 Å². The predicted molar refractivity (Wildman–Crippen MR) is 119 cm³/mol. The Kier molecular flexibility index (Phi) is 6.35. The van der Waals surface area contributed by atoms with Crippen LogP contribution in [0.15, 0.2) is 47.4 Å². The molecule has 2 aliphatic heterocycles. The second-order valence-corrected chi connectivity index (χ2v) is 8.23. The summed E-state index contributed by atoms with van der Waals surface area (Å²) in [5, 5.41) is 4.25. The summed E-state index contributed by atoms with van der Waals surface area (Å²) in [5.74, 6) is 0.584. The molecule has 1 amide bonds. The number of piperazine rings is 1. The molecular formula is C23H31N5O2. The second kappa shape index (κ2) is 9.32. The van der Waals surface area contributed by atoms with Crippen LogP contribution >= 0.6 is 0 Å². The van der Waals surface area contributed by atoms with E-state index in [4.69, 9.17) is 0 Å². The number of piperidine rings is 1. The zero-order valence-electron chi connectivity index (χ0n) is 17.7. The zero-order chi connectivity index (χ0) is 20.9. The van der Waals surface area contributed by atoms with Gasteiger partial charge >= 0.3 is 0 Å². The fourth-order valence-electron chi connectivity index (χ4n) is 4.53. The van der Waals surface area contributed by atoms with E-state index in [0.29, 0.717) is 18.9 Å². The summed E-state index contributed by atoms with van der Waals surface area (Å²) in [6.07, 6.45) is 4.46. The Hall–Kier alpha value is -2.83. The number of nitrogens with zero attached hydrogens (tertiary/aromatic N) is 5. The Morgan fingerprint density at radius 2 is 1.80 bits per heavy atom. The highest BCUT2D eigenvalue weighted by Crippen LogP contribution is 2.25. The quantitative estimate of drug-likeness (QED) is 0.758. The van der Waals surface area contributed by atoms with Gasteiger partial charge in [0.15, 0.2) is 0 Å². The Bertz CT molecular complexity index is 905. The van der Waals surface area contributed by atoms with Crippen molar-refractivity contribution in [2.75, 3.05) is 49.1 Å². The second-order valence-electron chi connectivity index (χ2n) is 8.23. The van der Waals surface area contributed by atoms with Crippen LogP contribution in [0, 0.1) is 5.92 Å². The minimum atomic E-state index is -0.0653. The number of carbonyl (C=O) groups is 1. The topological polar surface area (TPSA) is 61.7 Å². The third-order valence-corrected chi connectivity index (χ3v) is 6.26. The predicted octanol–water partition coefficient (Wildman–Crippen LogP) is 2.22. The molecular weight excluding hydrogens is 378 g/mol. The van der Waals surface area contributed by atoms with E-state index in [0.717, 1.165) is 57.8 Å². The van der Waals surface area contributed by atoms with Crippen LogP contribution in [-0.4, -0.2) is 59.9 Å². The van der Waals surface area contributed by atoms with E-state index >= 15 is 0 Å². The Morgan fingerprint density at radius 3 is 2.50 bits per heavy atom. The number of hydrogen-bond donors (Lipinski definition) is 0. The van der Waals surface area contributed by atoms with Gasteiger partial charge in [-0.15, -0.1) is 0 Å². The maximum atomic E-state index is 12.9. The van der Waals surface area contributed by atoms with Gasteiger partial charge in [0, 0.05) is 64.0 Å². The molecule has 2 aromatic rings. The third-order valence-electron chi connectivity index (χ3n) is 6.26. The standard InChI is InChI=1S/C23H31N5O2/c1-2-28-23(30)16-21(17-24-28)27-10-6-7-19(18-27)15-22(29)26-13-11-25(12-14-26)20-8-4-3-5-9-20/h3-5,8-9,16-17,19H,2,6-7,10-15,18H2,1H3. The molecule has 0 radical (unpaired) electrons. The van der Waals surface area contributed by atoms with Gasteiger partial charge in [-0.2, -0.15) is 5.10 Å². The lowest BCUT2D eigenvalue weighted by Gasteiger charge is -2.38. The largest absolute Gasteiger partial charge is 0.370 e. The van der Waals surface area contributed by atoms with Gasteiger partial charge in [-0.05, 0) is 37.8 Å². The van der Waals surface area contributed by atoms with Crippen LogP contribution in [0.5, 0.6) is 0 Å². The van der Waals surface area contributed by atoms with Crippen LogP contribution in [-0.2, 0) is 11.3 Å². The van der Waals surface area contributed by atoms with E-state index in [2.05, 4.69) is 39.2 Å². The van der Waals surface area contributed by atoms with Crippen LogP contribution in [0.1, 0.15) is 26.2 Å². The van der Waals surface area contributed by atoms with Gasteiger partial charge in [0.05, 0.1) is 11.9 Å². The van der Waals surface area contributed by atoms with Crippen molar-refractivity contribution in [1.82, 2.24) is 14.7 Å². The molecule has 3 heterocycles. The summed E-state index contributed by atoms with van der Waals surface area (Å²) < 4.78 is 1.46. The smallest absolute Gasteiger partial charge is 0.268 e. The number of aromatic nitrogens is 2. The minimum Gasteiger partial charge on any atom is -0.370 e. The molecule has 1 atom stereocenters. The Balaban J connectivity index is 1.30. The van der Waals surface area contributed by atoms with Crippen LogP contribution in [0.2, 0.25) is 0 Å². The van der Waals surface area contributed by atoms with Crippen molar-refractivity contribution in [3.05, 3.63) is 52.9 Å². The van der Waals surface area contributed by atoms with E-state index in [9.17, 15) is 9.59 Å². The molecule has 4 rings (SSSR count). The Morgan fingerprint density at radius 1 is 1.03 bits per heavy atom. The van der Waals surface area contributed by atoms with Crippen molar-refractivity contribution in [2.45, 2.75) is 32.7 Å². The molecule has 2 aliphatic rings. The van der Waals surface area contributed by atoms with E-state index < -0.39 is 0 Å². The van der Waals surface area contributed by atoms with Crippen LogP contribution in [0.25, 0.3) is 0 Å². The first-order valence-electron chi connectivity index (χ1n) is 11.0. The molecule has 0 aliphatic carbocycles. The SMILES string of the molecule is CCn1ncc(N2CCCC(CC(=O)N3CCN(c4ccccc4)CC3)C2)cc1=O. The number of carbonyl (C=O) groups excluding carboxylic acids is 1. The van der Waals surface area contributed by atoms with Crippen LogP contribution in [0.4, 0.5) is 11.4 Å². The lowest BCUT2D eigenvalue weighted by molar-refractivity contribution is -0.132. The number of hydrogen-bond acceptors (Lipinski definition) is 5. The molecule has 30 heavy (non-hydrogen) atoms. The number of amides is 1. The van der Waals surface area contributed by atoms with Crippen LogP contribution < -0.4 is 15.4 Å². The molecule has 7 heteroatoms. The molecule has 2 saturated heterocycles. The maximum absolute atomic E-state index is 12.9. The van der Waals surface area contributed by atoms with Crippen molar-refractivity contribution in [1.29, 1.82) is 0 Å². The van der Waals surface area contributed by atoms with Crippen molar-refractivity contribution in [3.8, 4) is 0 Å². The molecule has 2 fully saturated rings. The zero-order valence-corrected chi connectivity index (χ0v) is 17.7. The normalized spacial score (nSPS) is 19.8. The third kappa shape index (κ3) is 4.66. The molecule has 160 valence electrons. The van der Waals surface area contributed by atoms with Crippen molar-refractivity contribution < 1.29 is 4.79 Å². The average molecular weight is 410 g/mol. The summed E-state index contributed by atoms with van der Waals surface area (Å²) in [4.78, 5) is 31.6. The Labute approximate surface area is 177 Å². The summed E-state index contributed by atoms with van der Waals surface area (Å²) in [6.45, 7) is 7.54. The van der Waals surface area contributed by atoms with Gasteiger partial charge in [0.2, 0.25) is 5.91 Å². The molecule has 1 unspecified atom stereocenters. The fourth-order valence-corrected chi connectivity index (χ4v) is 4.53. The first-order chi connectivity index (χ1) is 14.6. The van der Waals surface area contributed by atoms with Gasteiger partial charge in [-0.1, -0.05) is 18.2 Å². The highest BCUT2D eigenvalue weighted by Gasteiger charge is 2.27. The van der Waals surface area contributed by atoms with E-state index in [1.165, 1.54) is 10.4 Å². The molecule has 0 bridgehead atoms. The monoisotopic (exact) mass is 409 g/mol. The molecule has 0 saturated carbocycles. The summed E-state index contributed by atoms with van der Waals surface area (Å²) in [5.41, 5.74) is 2.04. The number of benzene rings is 1. The minimum absolute atomic E-state index is 0.0653. The lowest BCUT2D eigenvalue weighted by Crippen LogP contribution is -2.49. The van der Waals surface area contributed by atoms with Gasteiger partial charge < -0.3 is 14.7 Å². The van der Waals surface area contributed by atoms with Crippen molar-refractivity contribution in [3.63, 3.8) is 0 Å². The highest BCUT2D eigenvalue weighted by molar-refractivity contribution is 5.77. The van der Waals surface area contributed by atoms with Crippen molar-refractivity contribution in [2.24, 2.45) is 5.92 Å². The van der Waals surface area contributed by atoms with Gasteiger partial charge in [-0.25, -0.2) is 4.68 Å². The molecule has 1 aromatic carbocycles. The van der Waals surface area contributed by atoms with E-state index in [-0.39, 0.29) is 11.5 Å². The number of para-hydroxylation sites is 1. The molecule has 1 aromatic heterocycles. The van der Waals surface area contributed by atoms with E-state index in [1.807, 2.05) is 17.9 Å². The maximum Gasteiger partial charge on any atom is 0.268 e. The van der Waals surface area contributed by atoms with Crippen molar-refractivity contribution >= 4 is 17.3 Å². The van der Waals surface area contributed by atoms with Gasteiger partial charge in [0.1, 0.15) is 0 Å². The fraction of sp³-hybridized carbons (Fsp3) is 0.522. The first-order valence-corrected chi connectivity index (χ1v) is 11.0. The summed E-state index contributed by atoms with van der Waals surface area (Å²) in [7, 11) is 0. The molecule has 0 spiro atoms. The van der Waals surface area contributed by atoms with E-state index in [1.54, 1.807) is 12.3 Å². The van der Waals surface area contributed by atoms with Gasteiger partial charge in [0.25, 0.3) is 5.56 Å². The number of rotatable bonds is 5. The average Bonchev–Trinajstić information content (AvgIpc) is 2.80. The number of aryl methyl sites for hydroxylation is 1. The summed E-state index contributed by atoms with van der Waals surface area (Å²) >= 11 is 0. The summed E-state index contributed by atoms with van der Waals surface area (Å²) in [6, 6.07) is 12.1. The molecule has 7 nitrogen and oxygen atoms in total. The highest BCUT2D eigenvalue weighted by atomic mass is 16.2. The lowest BCUT2D eigenvalue weighted by atomic mass is 9.93. The van der Waals surface area contributed by atoms with Gasteiger partial charge in [-0.3, -0.25) is 9.59 Å². The first kappa shape index (κ1) is 20.4.